The zero-order valence-electron chi connectivity index (χ0n) is 11.5. The number of benzene rings is 1. The molecule has 0 radical (unpaired) electrons. The van der Waals surface area contributed by atoms with Crippen molar-refractivity contribution in [3.8, 4) is 0 Å². The fourth-order valence-electron chi connectivity index (χ4n) is 2.13. The predicted octanol–water partition coefficient (Wildman–Crippen LogP) is 2.55. The molecule has 1 heterocycles. The number of methoxy groups -OCH3 is 1. The highest BCUT2D eigenvalue weighted by atomic mass is 32.2. The Balaban J connectivity index is 2.36. The van der Waals surface area contributed by atoms with E-state index in [2.05, 4.69) is 0 Å². The summed E-state index contributed by atoms with van der Waals surface area (Å²) in [4.78, 5) is 11.4. The number of rotatable bonds is 7. The zero-order valence-corrected chi connectivity index (χ0v) is 13.2. The molecule has 114 valence electrons. The minimum Gasteiger partial charge on any atom is -0.477 e. The Morgan fingerprint density at radius 2 is 2.05 bits per heavy atom. The van der Waals surface area contributed by atoms with Gasteiger partial charge < -0.3 is 9.84 Å². The summed E-state index contributed by atoms with van der Waals surface area (Å²) in [6, 6.07) is 7.15. The van der Waals surface area contributed by atoms with Crippen molar-refractivity contribution < 1.29 is 23.1 Å². The fraction of sp³-hybridized carbons (Fsp3) is 0.357. The molecule has 0 fully saturated rings. The van der Waals surface area contributed by atoms with Gasteiger partial charge in [-0.3, -0.25) is 0 Å². The van der Waals surface area contributed by atoms with Crippen molar-refractivity contribution in [2.45, 2.75) is 12.2 Å². The first-order valence-corrected chi connectivity index (χ1v) is 9.01. The first kappa shape index (κ1) is 15.9. The molecule has 2 aromatic rings. The number of fused-ring (bicyclic) bond motifs is 1. The maximum atomic E-state index is 12.1. The van der Waals surface area contributed by atoms with Crippen molar-refractivity contribution in [1.82, 2.24) is 0 Å². The van der Waals surface area contributed by atoms with Crippen LogP contribution in [-0.2, 0) is 20.3 Å². The topological polar surface area (TPSA) is 80.7 Å². The summed E-state index contributed by atoms with van der Waals surface area (Å²) >= 11 is 1.11. The predicted molar refractivity (Wildman–Crippen MR) is 82.8 cm³/mol. The number of aromatic carboxylic acids is 1. The average Bonchev–Trinajstić information content (AvgIpc) is 2.78. The van der Waals surface area contributed by atoms with Gasteiger partial charge in [0.05, 0.1) is 11.5 Å². The lowest BCUT2D eigenvalue weighted by Gasteiger charge is -2.05. The normalized spacial score (nSPS) is 11.9. The molecule has 7 heteroatoms. The van der Waals surface area contributed by atoms with Crippen molar-refractivity contribution in [3.05, 3.63) is 34.7 Å². The number of hydrogen-bond donors (Lipinski definition) is 1. The Bertz CT molecular complexity index is 746. The van der Waals surface area contributed by atoms with Crippen LogP contribution in [0, 0.1) is 0 Å². The van der Waals surface area contributed by atoms with Gasteiger partial charge in [0.2, 0.25) is 0 Å². The van der Waals surface area contributed by atoms with E-state index in [9.17, 15) is 18.3 Å². The van der Waals surface area contributed by atoms with E-state index in [-0.39, 0.29) is 16.4 Å². The molecule has 0 bridgehead atoms. The lowest BCUT2D eigenvalue weighted by molar-refractivity contribution is 0.0701. The van der Waals surface area contributed by atoms with Gasteiger partial charge in [-0.05, 0) is 17.9 Å². The molecule has 0 unspecified atom stereocenters. The lowest BCUT2D eigenvalue weighted by atomic mass is 10.1. The number of ether oxygens (including phenoxy) is 1. The fourth-order valence-corrected chi connectivity index (χ4v) is 4.72. The second-order valence-corrected chi connectivity index (χ2v) is 7.89. The number of carbonyl (C=O) groups is 1. The van der Waals surface area contributed by atoms with Gasteiger partial charge in [0.15, 0.2) is 9.84 Å². The maximum Gasteiger partial charge on any atom is 0.346 e. The number of carboxylic acid groups (broad SMARTS) is 1. The number of hydrogen-bond acceptors (Lipinski definition) is 5. The van der Waals surface area contributed by atoms with Crippen LogP contribution in [0.15, 0.2) is 24.3 Å². The summed E-state index contributed by atoms with van der Waals surface area (Å²) in [7, 11) is -1.85. The van der Waals surface area contributed by atoms with Crippen LogP contribution in [0.5, 0.6) is 0 Å². The monoisotopic (exact) mass is 328 g/mol. The van der Waals surface area contributed by atoms with E-state index in [0.29, 0.717) is 24.0 Å². The molecule has 1 aromatic carbocycles. The second kappa shape index (κ2) is 6.55. The van der Waals surface area contributed by atoms with Crippen molar-refractivity contribution >= 4 is 37.2 Å². The summed E-state index contributed by atoms with van der Waals surface area (Å²) in [5.74, 6) is -1.34. The molecular weight excluding hydrogens is 312 g/mol. The number of carboxylic acids is 1. The minimum absolute atomic E-state index is 0.00985. The van der Waals surface area contributed by atoms with Gasteiger partial charge in [0.25, 0.3) is 0 Å². The molecule has 0 spiro atoms. The molecular formula is C14H16O5S2. The molecule has 21 heavy (non-hydrogen) atoms. The molecule has 0 saturated heterocycles. The molecule has 0 aliphatic rings. The first-order chi connectivity index (χ1) is 9.94. The van der Waals surface area contributed by atoms with E-state index in [1.165, 1.54) is 7.11 Å². The van der Waals surface area contributed by atoms with E-state index in [0.717, 1.165) is 16.0 Å². The SMILES string of the molecule is COCCCS(=O)(=O)Cc1c(C(=O)O)sc2ccccc12. The van der Waals surface area contributed by atoms with Crippen LogP contribution in [0.3, 0.4) is 0 Å². The Morgan fingerprint density at radius 3 is 2.71 bits per heavy atom. The van der Waals surface area contributed by atoms with Crippen LogP contribution in [0.2, 0.25) is 0 Å². The highest BCUT2D eigenvalue weighted by Crippen LogP contribution is 2.32. The van der Waals surface area contributed by atoms with Gasteiger partial charge in [-0.2, -0.15) is 0 Å². The maximum absolute atomic E-state index is 12.1. The van der Waals surface area contributed by atoms with Gasteiger partial charge in [-0.25, -0.2) is 13.2 Å². The molecule has 1 aromatic heterocycles. The Morgan fingerprint density at radius 1 is 1.33 bits per heavy atom. The quantitative estimate of drug-likeness (QED) is 0.790. The Kier molecular flexibility index (Phi) is 4.97. The van der Waals surface area contributed by atoms with Crippen molar-refractivity contribution in [2.75, 3.05) is 19.5 Å². The van der Waals surface area contributed by atoms with E-state index < -0.39 is 15.8 Å². The molecule has 0 amide bonds. The van der Waals surface area contributed by atoms with E-state index >= 15 is 0 Å². The largest absolute Gasteiger partial charge is 0.477 e. The van der Waals surface area contributed by atoms with Crippen LogP contribution in [0.4, 0.5) is 0 Å². The van der Waals surface area contributed by atoms with Gasteiger partial charge >= 0.3 is 5.97 Å². The molecule has 0 aliphatic heterocycles. The highest BCUT2D eigenvalue weighted by Gasteiger charge is 2.22. The third-order valence-corrected chi connectivity index (χ3v) is 5.90. The van der Waals surface area contributed by atoms with Crippen LogP contribution in [0.1, 0.15) is 21.7 Å². The molecule has 0 aliphatic carbocycles. The van der Waals surface area contributed by atoms with E-state index in [1.54, 1.807) is 24.3 Å². The highest BCUT2D eigenvalue weighted by molar-refractivity contribution is 7.90. The van der Waals surface area contributed by atoms with Crippen LogP contribution in [0.25, 0.3) is 10.1 Å². The first-order valence-electron chi connectivity index (χ1n) is 6.37. The van der Waals surface area contributed by atoms with Crippen molar-refractivity contribution in [3.63, 3.8) is 0 Å². The summed E-state index contributed by atoms with van der Waals surface area (Å²) in [5, 5.41) is 9.98. The molecule has 0 atom stereocenters. The van der Waals surface area contributed by atoms with Crippen molar-refractivity contribution in [1.29, 1.82) is 0 Å². The van der Waals surface area contributed by atoms with Gasteiger partial charge in [0.1, 0.15) is 4.88 Å². The van der Waals surface area contributed by atoms with Crippen LogP contribution >= 0.6 is 11.3 Å². The smallest absolute Gasteiger partial charge is 0.346 e. The molecule has 5 nitrogen and oxygen atoms in total. The summed E-state index contributed by atoms with van der Waals surface area (Å²) < 4.78 is 29.9. The van der Waals surface area contributed by atoms with E-state index in [1.807, 2.05) is 0 Å². The van der Waals surface area contributed by atoms with Crippen molar-refractivity contribution in [2.24, 2.45) is 0 Å². The minimum atomic E-state index is -3.36. The second-order valence-electron chi connectivity index (χ2n) is 4.65. The van der Waals surface area contributed by atoms with E-state index in [4.69, 9.17) is 4.74 Å². The van der Waals surface area contributed by atoms with Gasteiger partial charge in [0, 0.05) is 24.0 Å². The molecule has 1 N–H and O–H groups in total. The third-order valence-electron chi connectivity index (χ3n) is 3.06. The zero-order chi connectivity index (χ0) is 15.5. The summed E-state index contributed by atoms with van der Waals surface area (Å²) in [6.07, 6.45) is 0.406. The number of sulfone groups is 1. The lowest BCUT2D eigenvalue weighted by Crippen LogP contribution is -2.12. The standard InChI is InChI=1S/C14H16O5S2/c1-19-7-4-8-21(17,18)9-11-10-5-2-3-6-12(10)20-13(11)14(15)16/h2-3,5-6H,4,7-9H2,1H3,(H,15,16). The molecule has 0 saturated carbocycles. The Hall–Kier alpha value is -1.44. The van der Waals surface area contributed by atoms with Gasteiger partial charge in [-0.15, -0.1) is 11.3 Å². The van der Waals surface area contributed by atoms with Crippen LogP contribution in [-0.4, -0.2) is 39.0 Å². The summed E-state index contributed by atoms with van der Waals surface area (Å²) in [6.45, 7) is 0.370. The average molecular weight is 328 g/mol. The summed E-state index contributed by atoms with van der Waals surface area (Å²) in [5.41, 5.74) is 0.389. The third kappa shape index (κ3) is 3.81. The van der Waals surface area contributed by atoms with Crippen LogP contribution < -0.4 is 0 Å². The number of thiophene rings is 1. The Labute approximate surface area is 127 Å². The molecule has 2 rings (SSSR count). The van der Waals surface area contributed by atoms with Gasteiger partial charge in [-0.1, -0.05) is 18.2 Å².